The number of fused-ring (bicyclic) bond motifs is 12. The topological polar surface area (TPSA) is 56.7 Å². The molecule has 0 unspecified atom stereocenters. The van der Waals surface area contributed by atoms with E-state index in [2.05, 4.69) is 115 Å². The van der Waals surface area contributed by atoms with Crippen molar-refractivity contribution in [3.05, 3.63) is 151 Å². The maximum atomic E-state index is 6.55. The molecule has 246 valence electrons. The number of ether oxygens (including phenoxy) is 1. The Labute approximate surface area is 307 Å². The van der Waals surface area contributed by atoms with Gasteiger partial charge in [0.1, 0.15) is 0 Å². The number of hydrogen-bond acceptors (Lipinski definition) is 4. The normalized spacial score (nSPS) is 11.7. The van der Waals surface area contributed by atoms with Gasteiger partial charge in [0.15, 0.2) is 0 Å². The molecule has 0 bridgehead atoms. The van der Waals surface area contributed by atoms with Crippen molar-refractivity contribution in [2.24, 2.45) is 0 Å². The summed E-state index contributed by atoms with van der Waals surface area (Å²) in [6.07, 6.45) is 5.91. The average Bonchev–Trinajstić information content (AvgIpc) is 3.78. The minimum Gasteiger partial charge on any atom is -0.497 e. The summed E-state index contributed by atoms with van der Waals surface area (Å²) in [5.41, 5.74) is 12.5. The first-order valence-electron chi connectivity index (χ1n) is 16.7. The number of rotatable bonds is 4. The van der Waals surface area contributed by atoms with E-state index in [0.717, 1.165) is 71.7 Å². The quantitative estimate of drug-likeness (QED) is 0.102. The Balaban J connectivity index is 0.00000348. The first-order chi connectivity index (χ1) is 24.5. The molecule has 0 atom stereocenters. The summed E-state index contributed by atoms with van der Waals surface area (Å²) in [6, 6.07) is 42.4. The Bertz CT molecular complexity index is 2980. The number of aryl methyl sites for hydroxylation is 3. The number of nitrogens with zero attached hydrogens (tertiary/aromatic N) is 5. The first-order valence-corrected chi connectivity index (χ1v) is 16.7. The minimum absolute atomic E-state index is 0. The predicted molar refractivity (Wildman–Crippen MR) is 201 cm³/mol. The fourth-order valence-electron chi connectivity index (χ4n) is 7.68. The van der Waals surface area contributed by atoms with Crippen LogP contribution in [0.1, 0.15) is 16.7 Å². The van der Waals surface area contributed by atoms with E-state index < -0.39 is 0 Å². The number of para-hydroxylation sites is 1. The van der Waals surface area contributed by atoms with E-state index >= 15 is 0 Å². The largest absolute Gasteiger partial charge is 2.00 e. The van der Waals surface area contributed by atoms with Crippen LogP contribution in [-0.2, 0) is 20.4 Å². The van der Waals surface area contributed by atoms with Gasteiger partial charge in [-0.3, -0.25) is 15.0 Å². The fourth-order valence-corrected chi connectivity index (χ4v) is 7.68. The van der Waals surface area contributed by atoms with Crippen molar-refractivity contribution in [1.82, 2.24) is 23.8 Å². The molecule has 5 aromatic heterocycles. The second kappa shape index (κ2) is 11.9. The van der Waals surface area contributed by atoms with Crippen molar-refractivity contribution in [2.45, 2.75) is 20.8 Å². The van der Waals surface area contributed by atoms with Gasteiger partial charge >= 0.3 is 20.4 Å². The summed E-state index contributed by atoms with van der Waals surface area (Å²) >= 11 is 0. The molecule has 5 heterocycles. The van der Waals surface area contributed by atoms with Gasteiger partial charge in [0.25, 0.3) is 0 Å². The molecule has 0 aliphatic rings. The molecule has 0 amide bonds. The van der Waals surface area contributed by atoms with Gasteiger partial charge in [0.05, 0.1) is 33.7 Å². The van der Waals surface area contributed by atoms with Crippen LogP contribution in [-0.4, -0.2) is 23.8 Å². The van der Waals surface area contributed by atoms with Crippen molar-refractivity contribution in [3.8, 4) is 34.0 Å². The molecule has 0 spiro atoms. The third kappa shape index (κ3) is 4.85. The molecule has 51 heavy (non-hydrogen) atoms. The van der Waals surface area contributed by atoms with Crippen LogP contribution in [0.5, 0.6) is 11.5 Å². The van der Waals surface area contributed by atoms with Gasteiger partial charge < -0.3 is 13.5 Å². The van der Waals surface area contributed by atoms with Crippen LogP contribution in [0.25, 0.3) is 77.3 Å². The van der Waals surface area contributed by atoms with Gasteiger partial charge in [-0.15, -0.1) is 12.1 Å². The van der Waals surface area contributed by atoms with Crippen LogP contribution < -0.4 is 4.74 Å². The third-order valence-electron chi connectivity index (χ3n) is 9.71. The van der Waals surface area contributed by atoms with Crippen LogP contribution in [0, 0.1) is 32.9 Å². The van der Waals surface area contributed by atoms with Crippen molar-refractivity contribution in [1.29, 1.82) is 0 Å². The SMILES string of the molecule is Cc1cc(C)c(-c2cnc3c4[c-]c(Oc5[c-]c6c(cc5)c5ccccc5n5cc(-c7ccccc7)nc65)ccc4c4ncccc4n23)c(C)c1.[Pd+2]. The molecule has 10 rings (SSSR count). The zero-order chi connectivity index (χ0) is 33.5. The van der Waals surface area contributed by atoms with Gasteiger partial charge in [-0.2, -0.15) is 0 Å². The van der Waals surface area contributed by atoms with Gasteiger partial charge in [-0.1, -0.05) is 112 Å². The average molecular weight is 750 g/mol. The zero-order valence-corrected chi connectivity index (χ0v) is 29.6. The van der Waals surface area contributed by atoms with Crippen LogP contribution in [0.4, 0.5) is 0 Å². The van der Waals surface area contributed by atoms with Crippen LogP contribution in [0.3, 0.4) is 0 Å². The van der Waals surface area contributed by atoms with Crippen molar-refractivity contribution >= 4 is 54.8 Å². The van der Waals surface area contributed by atoms with Crippen molar-refractivity contribution < 1.29 is 25.2 Å². The zero-order valence-electron chi connectivity index (χ0n) is 28.0. The van der Waals surface area contributed by atoms with E-state index in [1.54, 1.807) is 0 Å². The number of imidazole rings is 2. The van der Waals surface area contributed by atoms with Gasteiger partial charge in [0, 0.05) is 46.7 Å². The van der Waals surface area contributed by atoms with Crippen molar-refractivity contribution in [2.75, 3.05) is 0 Å². The molecule has 0 radical (unpaired) electrons. The van der Waals surface area contributed by atoms with Crippen molar-refractivity contribution in [3.63, 3.8) is 0 Å². The van der Waals surface area contributed by atoms with E-state index in [-0.39, 0.29) is 20.4 Å². The number of hydrogen-bond donors (Lipinski definition) is 0. The molecule has 0 saturated carbocycles. The summed E-state index contributed by atoms with van der Waals surface area (Å²) in [5, 5.41) is 4.90. The molecule has 10 aromatic rings. The molecule has 0 aliphatic carbocycles. The summed E-state index contributed by atoms with van der Waals surface area (Å²) in [5.74, 6) is 1.15. The molecular formula is C44H29N5OPd. The standard InChI is InChI=1S/C44H29N5O.Pd/c1-26-20-27(2)41(28(3)21-26)40-24-46-43-36-23-31(16-18-34(36)42-39(49(40)43)14-9-19-45-42)50-30-15-17-32-33-12-7-8-13-38(33)48-25-37(29-10-5-4-6-11-29)47-44(48)35(32)22-30;/h4-21,24-25H,1-3H3;/q-2;+2. The molecule has 0 fully saturated rings. The molecular weight excluding hydrogens is 721 g/mol. The Morgan fingerprint density at radius 2 is 1.33 bits per heavy atom. The van der Waals surface area contributed by atoms with Gasteiger partial charge in [-0.25, -0.2) is 0 Å². The minimum atomic E-state index is 0. The number of benzene rings is 5. The van der Waals surface area contributed by atoms with Gasteiger partial charge in [-0.05, 0) is 55.5 Å². The van der Waals surface area contributed by atoms with E-state index in [9.17, 15) is 0 Å². The smallest absolute Gasteiger partial charge is 0.497 e. The third-order valence-corrected chi connectivity index (χ3v) is 9.71. The summed E-state index contributed by atoms with van der Waals surface area (Å²) in [6.45, 7) is 6.46. The van der Waals surface area contributed by atoms with E-state index in [1.165, 1.54) is 22.3 Å². The van der Waals surface area contributed by atoms with Crippen LogP contribution >= 0.6 is 0 Å². The Hall–Kier alpha value is -5.87. The maximum absolute atomic E-state index is 6.55. The number of aromatic nitrogens is 5. The first kappa shape index (κ1) is 31.1. The number of pyridine rings is 3. The molecule has 0 N–H and O–H groups in total. The second-order valence-corrected chi connectivity index (χ2v) is 13.0. The molecule has 7 heteroatoms. The molecule has 0 saturated heterocycles. The molecule has 0 aliphatic heterocycles. The van der Waals surface area contributed by atoms with Gasteiger partial charge in [0.2, 0.25) is 0 Å². The fraction of sp³-hybridized carbons (Fsp3) is 0.0682. The Morgan fingerprint density at radius 3 is 2.12 bits per heavy atom. The second-order valence-electron chi connectivity index (χ2n) is 13.0. The summed E-state index contributed by atoms with van der Waals surface area (Å²) in [4.78, 5) is 14.9. The Kier molecular flexibility index (Phi) is 7.25. The Morgan fingerprint density at radius 1 is 0.647 bits per heavy atom. The monoisotopic (exact) mass is 749 g/mol. The van der Waals surface area contributed by atoms with Crippen LogP contribution in [0.2, 0.25) is 0 Å². The van der Waals surface area contributed by atoms with E-state index in [1.807, 2.05) is 48.8 Å². The summed E-state index contributed by atoms with van der Waals surface area (Å²) in [7, 11) is 0. The summed E-state index contributed by atoms with van der Waals surface area (Å²) < 4.78 is 10.9. The van der Waals surface area contributed by atoms with E-state index in [0.29, 0.717) is 11.5 Å². The predicted octanol–water partition coefficient (Wildman–Crippen LogP) is 10.6. The molecule has 5 aromatic carbocycles. The maximum Gasteiger partial charge on any atom is 2.00 e. The molecule has 6 nitrogen and oxygen atoms in total. The van der Waals surface area contributed by atoms with Crippen LogP contribution in [0.15, 0.2) is 122 Å². The van der Waals surface area contributed by atoms with E-state index in [4.69, 9.17) is 19.7 Å².